The second-order valence-electron chi connectivity index (χ2n) is 4.54. The van der Waals surface area contributed by atoms with Crippen molar-refractivity contribution in [1.82, 2.24) is 4.98 Å². The van der Waals surface area contributed by atoms with E-state index >= 15 is 0 Å². The molecule has 1 aromatic heterocycles. The molecule has 0 unspecified atom stereocenters. The van der Waals surface area contributed by atoms with Crippen LogP contribution in [0.4, 0.5) is 0 Å². The van der Waals surface area contributed by atoms with Gasteiger partial charge in [0.25, 0.3) is 0 Å². The molecule has 0 N–H and O–H groups in total. The zero-order valence-electron chi connectivity index (χ0n) is 11.3. The Morgan fingerprint density at radius 3 is 2.89 bits per heavy atom. The van der Waals surface area contributed by atoms with Crippen LogP contribution >= 0.6 is 11.3 Å². The van der Waals surface area contributed by atoms with Crippen molar-refractivity contribution in [2.75, 3.05) is 6.61 Å². The molecule has 1 heterocycles. The third-order valence-electron chi connectivity index (χ3n) is 2.79. The van der Waals surface area contributed by atoms with E-state index in [4.69, 9.17) is 4.74 Å². The second kappa shape index (κ2) is 5.97. The number of hydrogen-bond donors (Lipinski definition) is 0. The largest absolute Gasteiger partial charge is 0.461 e. The normalized spacial score (nSPS) is 10.7. The Hall–Kier alpha value is -1.68. The van der Waals surface area contributed by atoms with Crippen molar-refractivity contribution in [3.05, 3.63) is 40.9 Å². The van der Waals surface area contributed by atoms with E-state index in [-0.39, 0.29) is 5.97 Å². The molecule has 4 heteroatoms. The Balaban J connectivity index is 2.27. The highest BCUT2D eigenvalue weighted by atomic mass is 32.1. The van der Waals surface area contributed by atoms with Crippen LogP contribution in [-0.4, -0.2) is 17.6 Å². The molecule has 0 bridgehead atoms. The molecule has 1 aromatic carbocycles. The monoisotopic (exact) mass is 275 g/mol. The zero-order valence-corrected chi connectivity index (χ0v) is 12.2. The Morgan fingerprint density at radius 1 is 1.42 bits per heavy atom. The number of thiazole rings is 1. The molecular formula is C15H17NO2S. The molecular weight excluding hydrogens is 258 g/mol. The molecule has 0 saturated heterocycles. The van der Waals surface area contributed by atoms with Gasteiger partial charge in [-0.3, -0.25) is 0 Å². The van der Waals surface area contributed by atoms with Gasteiger partial charge >= 0.3 is 5.97 Å². The molecule has 0 saturated carbocycles. The number of carbonyl (C=O) groups is 1. The van der Waals surface area contributed by atoms with Crippen molar-refractivity contribution in [2.45, 2.75) is 26.7 Å². The lowest BCUT2D eigenvalue weighted by Gasteiger charge is -2.06. The third-order valence-corrected chi connectivity index (χ3v) is 3.68. The van der Waals surface area contributed by atoms with Crippen molar-refractivity contribution < 1.29 is 9.53 Å². The topological polar surface area (TPSA) is 39.2 Å². The molecule has 0 spiro atoms. The predicted molar refractivity (Wildman–Crippen MR) is 77.6 cm³/mol. The van der Waals surface area contributed by atoms with Crippen LogP contribution in [0, 0.1) is 0 Å². The van der Waals surface area contributed by atoms with Crippen LogP contribution in [0.15, 0.2) is 29.6 Å². The number of ether oxygens (including phenoxy) is 1. The van der Waals surface area contributed by atoms with E-state index in [1.165, 1.54) is 16.9 Å². The van der Waals surface area contributed by atoms with E-state index in [1.54, 1.807) is 12.3 Å². The van der Waals surface area contributed by atoms with Crippen LogP contribution in [0.25, 0.3) is 10.6 Å². The van der Waals surface area contributed by atoms with Gasteiger partial charge in [0, 0.05) is 10.9 Å². The molecule has 0 fully saturated rings. The molecule has 100 valence electrons. The number of hydrogen-bond acceptors (Lipinski definition) is 4. The Kier molecular flexibility index (Phi) is 4.32. The third kappa shape index (κ3) is 3.20. The molecule has 0 atom stereocenters. The highest BCUT2D eigenvalue weighted by Crippen LogP contribution is 2.27. The maximum Gasteiger partial charge on any atom is 0.357 e. The van der Waals surface area contributed by atoms with E-state index < -0.39 is 0 Å². The summed E-state index contributed by atoms with van der Waals surface area (Å²) in [6.45, 7) is 6.47. The summed E-state index contributed by atoms with van der Waals surface area (Å²) >= 11 is 1.47. The first-order valence-electron chi connectivity index (χ1n) is 6.34. The quantitative estimate of drug-likeness (QED) is 0.788. The molecule has 19 heavy (non-hydrogen) atoms. The van der Waals surface area contributed by atoms with Crippen LogP contribution in [0.3, 0.4) is 0 Å². The summed E-state index contributed by atoms with van der Waals surface area (Å²) in [6.07, 6.45) is 0. The zero-order chi connectivity index (χ0) is 13.8. The molecule has 0 aliphatic rings. The van der Waals surface area contributed by atoms with Gasteiger partial charge in [0.05, 0.1) is 6.61 Å². The van der Waals surface area contributed by atoms with Crippen LogP contribution in [0.2, 0.25) is 0 Å². The standard InChI is InChI=1S/C15H17NO2S/c1-4-18-15(17)13-9-19-14(16-13)12-7-5-6-11(8-12)10(2)3/h5-10H,4H2,1-3H3. The van der Waals surface area contributed by atoms with Gasteiger partial charge in [-0.2, -0.15) is 0 Å². The fourth-order valence-electron chi connectivity index (χ4n) is 1.74. The summed E-state index contributed by atoms with van der Waals surface area (Å²) in [5.74, 6) is 0.120. The summed E-state index contributed by atoms with van der Waals surface area (Å²) in [6, 6.07) is 8.27. The number of rotatable bonds is 4. The van der Waals surface area contributed by atoms with Crippen LogP contribution in [0.5, 0.6) is 0 Å². The SMILES string of the molecule is CCOC(=O)c1csc(-c2cccc(C(C)C)c2)n1. The van der Waals surface area contributed by atoms with E-state index in [9.17, 15) is 4.79 Å². The van der Waals surface area contributed by atoms with Gasteiger partial charge in [-0.1, -0.05) is 32.0 Å². The second-order valence-corrected chi connectivity index (χ2v) is 5.40. The average molecular weight is 275 g/mol. The highest BCUT2D eigenvalue weighted by molar-refractivity contribution is 7.13. The molecule has 0 amide bonds. The first kappa shape index (κ1) is 13.7. The molecule has 0 aliphatic carbocycles. The molecule has 3 nitrogen and oxygen atoms in total. The van der Waals surface area contributed by atoms with Crippen molar-refractivity contribution in [3.63, 3.8) is 0 Å². The maximum atomic E-state index is 11.6. The number of esters is 1. The van der Waals surface area contributed by atoms with Gasteiger partial charge in [0.2, 0.25) is 0 Å². The molecule has 0 aliphatic heterocycles. The summed E-state index contributed by atoms with van der Waals surface area (Å²) in [7, 11) is 0. The van der Waals surface area contributed by atoms with Gasteiger partial charge in [0.15, 0.2) is 5.69 Å². The van der Waals surface area contributed by atoms with E-state index in [0.29, 0.717) is 18.2 Å². The molecule has 0 radical (unpaired) electrons. The minimum atomic E-state index is -0.356. The average Bonchev–Trinajstić information content (AvgIpc) is 2.89. The van der Waals surface area contributed by atoms with Crippen LogP contribution < -0.4 is 0 Å². The smallest absolute Gasteiger partial charge is 0.357 e. The summed E-state index contributed by atoms with van der Waals surface area (Å²) in [5, 5.41) is 2.60. The van der Waals surface area contributed by atoms with Gasteiger partial charge < -0.3 is 4.74 Å². The van der Waals surface area contributed by atoms with E-state index in [2.05, 4.69) is 31.0 Å². The first-order valence-corrected chi connectivity index (χ1v) is 7.22. The van der Waals surface area contributed by atoms with E-state index in [0.717, 1.165) is 10.6 Å². The Bertz CT molecular complexity index is 575. The number of carbonyl (C=O) groups excluding carboxylic acids is 1. The van der Waals surface area contributed by atoms with Crippen molar-refractivity contribution >= 4 is 17.3 Å². The summed E-state index contributed by atoms with van der Waals surface area (Å²) < 4.78 is 4.94. The van der Waals surface area contributed by atoms with Crippen molar-refractivity contribution in [1.29, 1.82) is 0 Å². The van der Waals surface area contributed by atoms with Gasteiger partial charge in [-0.15, -0.1) is 11.3 Å². The van der Waals surface area contributed by atoms with Crippen LogP contribution in [-0.2, 0) is 4.74 Å². The van der Waals surface area contributed by atoms with Gasteiger partial charge in [-0.05, 0) is 24.5 Å². The Morgan fingerprint density at radius 2 is 2.21 bits per heavy atom. The molecule has 2 rings (SSSR count). The molecule has 2 aromatic rings. The van der Waals surface area contributed by atoms with E-state index in [1.807, 2.05) is 12.1 Å². The number of aromatic nitrogens is 1. The lowest BCUT2D eigenvalue weighted by atomic mass is 10.0. The van der Waals surface area contributed by atoms with Crippen molar-refractivity contribution in [2.24, 2.45) is 0 Å². The Labute approximate surface area is 117 Å². The fraction of sp³-hybridized carbons (Fsp3) is 0.333. The van der Waals surface area contributed by atoms with Crippen LogP contribution in [0.1, 0.15) is 42.7 Å². The fourth-order valence-corrected chi connectivity index (χ4v) is 2.52. The lowest BCUT2D eigenvalue weighted by molar-refractivity contribution is 0.0520. The summed E-state index contributed by atoms with van der Waals surface area (Å²) in [4.78, 5) is 15.9. The predicted octanol–water partition coefficient (Wildman–Crippen LogP) is 4.11. The first-order chi connectivity index (χ1) is 9.11. The maximum absolute atomic E-state index is 11.6. The van der Waals surface area contributed by atoms with Gasteiger partial charge in [0.1, 0.15) is 5.01 Å². The van der Waals surface area contributed by atoms with Crippen molar-refractivity contribution in [3.8, 4) is 10.6 Å². The minimum absolute atomic E-state index is 0.356. The number of benzene rings is 1. The number of nitrogens with zero attached hydrogens (tertiary/aromatic N) is 1. The minimum Gasteiger partial charge on any atom is -0.461 e. The lowest BCUT2D eigenvalue weighted by Crippen LogP contribution is -2.04. The van der Waals surface area contributed by atoms with Gasteiger partial charge in [-0.25, -0.2) is 9.78 Å². The summed E-state index contributed by atoms with van der Waals surface area (Å²) in [5.41, 5.74) is 2.70. The highest BCUT2D eigenvalue weighted by Gasteiger charge is 2.13.